The maximum absolute atomic E-state index is 10.9. The highest BCUT2D eigenvalue weighted by Gasteiger charge is 2.22. The summed E-state index contributed by atoms with van der Waals surface area (Å²) in [4.78, 5) is 10.9. The van der Waals surface area contributed by atoms with Gasteiger partial charge in [-0.3, -0.25) is 4.68 Å². The predicted molar refractivity (Wildman–Crippen MR) is 67.1 cm³/mol. The van der Waals surface area contributed by atoms with Crippen LogP contribution in [-0.4, -0.2) is 20.9 Å². The Balaban J connectivity index is 2.07. The van der Waals surface area contributed by atoms with Gasteiger partial charge < -0.3 is 5.11 Å². The predicted octanol–water partition coefficient (Wildman–Crippen LogP) is 2.91. The Labute approximate surface area is 106 Å². The molecule has 5 heteroatoms. The van der Waals surface area contributed by atoms with Crippen LogP contribution in [0.1, 0.15) is 23.2 Å². The third kappa shape index (κ3) is 2.07. The fraction of sp³-hybridized carbons (Fsp3) is 0.333. The van der Waals surface area contributed by atoms with E-state index in [4.69, 9.17) is 5.11 Å². The molecular weight excluding hydrogens is 284 g/mol. The van der Waals surface area contributed by atoms with Crippen LogP contribution in [-0.2, 0) is 6.54 Å². The standard InChI is InChI=1S/C12H11BrN2O2/c13-10-3-8(12(16)17)4-11-9(10)6-15(14-11)5-7-1-2-7/h3-4,6-7H,1-2,5H2,(H,16,17). The number of aromatic carboxylic acids is 1. The van der Waals surface area contributed by atoms with Gasteiger partial charge in [0.05, 0.1) is 11.1 Å². The fourth-order valence-electron chi connectivity index (χ4n) is 1.91. The number of nitrogens with zero attached hydrogens (tertiary/aromatic N) is 2. The van der Waals surface area contributed by atoms with Crippen molar-refractivity contribution in [3.05, 3.63) is 28.4 Å². The van der Waals surface area contributed by atoms with E-state index in [1.165, 1.54) is 12.8 Å². The van der Waals surface area contributed by atoms with E-state index in [-0.39, 0.29) is 5.56 Å². The lowest BCUT2D eigenvalue weighted by molar-refractivity contribution is 0.0697. The molecule has 1 heterocycles. The zero-order valence-corrected chi connectivity index (χ0v) is 10.6. The monoisotopic (exact) mass is 294 g/mol. The number of halogens is 1. The summed E-state index contributed by atoms with van der Waals surface area (Å²) in [5.74, 6) is -0.175. The van der Waals surface area contributed by atoms with Crippen molar-refractivity contribution in [1.29, 1.82) is 0 Å². The number of fused-ring (bicyclic) bond motifs is 1. The number of hydrogen-bond donors (Lipinski definition) is 1. The maximum Gasteiger partial charge on any atom is 0.335 e. The molecule has 2 aromatic rings. The van der Waals surface area contributed by atoms with Gasteiger partial charge in [0.2, 0.25) is 0 Å². The second-order valence-electron chi connectivity index (χ2n) is 4.49. The lowest BCUT2D eigenvalue weighted by Crippen LogP contribution is -1.99. The summed E-state index contributed by atoms with van der Waals surface area (Å²) in [7, 11) is 0. The number of carbonyl (C=O) groups is 1. The van der Waals surface area contributed by atoms with E-state index in [9.17, 15) is 4.79 Å². The summed E-state index contributed by atoms with van der Waals surface area (Å²) in [5.41, 5.74) is 0.999. The summed E-state index contributed by atoms with van der Waals surface area (Å²) in [6.07, 6.45) is 4.53. The van der Waals surface area contributed by atoms with Crippen molar-refractivity contribution in [2.24, 2.45) is 5.92 Å². The van der Waals surface area contributed by atoms with Crippen LogP contribution < -0.4 is 0 Å². The molecular formula is C12H11BrN2O2. The molecule has 4 nitrogen and oxygen atoms in total. The Bertz CT molecular complexity index is 602. The van der Waals surface area contributed by atoms with Crippen LogP contribution in [0.5, 0.6) is 0 Å². The summed E-state index contributed by atoms with van der Waals surface area (Å²) in [6, 6.07) is 3.24. The number of hydrogen-bond acceptors (Lipinski definition) is 2. The van der Waals surface area contributed by atoms with Crippen LogP contribution in [0.15, 0.2) is 22.8 Å². The average molecular weight is 295 g/mol. The third-order valence-corrected chi connectivity index (χ3v) is 3.67. The van der Waals surface area contributed by atoms with Crippen LogP contribution in [0.2, 0.25) is 0 Å². The minimum Gasteiger partial charge on any atom is -0.478 e. The second-order valence-corrected chi connectivity index (χ2v) is 5.34. The summed E-state index contributed by atoms with van der Waals surface area (Å²) in [5, 5.41) is 14.4. The molecule has 0 amide bonds. The van der Waals surface area contributed by atoms with Crippen LogP contribution in [0.3, 0.4) is 0 Å². The van der Waals surface area contributed by atoms with E-state index >= 15 is 0 Å². The quantitative estimate of drug-likeness (QED) is 0.947. The van der Waals surface area contributed by atoms with Crippen molar-refractivity contribution >= 4 is 32.8 Å². The first-order valence-electron chi connectivity index (χ1n) is 5.53. The first-order valence-corrected chi connectivity index (χ1v) is 6.33. The minimum absolute atomic E-state index is 0.265. The van der Waals surface area contributed by atoms with Crippen molar-refractivity contribution in [3.63, 3.8) is 0 Å². The zero-order valence-electron chi connectivity index (χ0n) is 9.06. The molecule has 0 aliphatic heterocycles. The van der Waals surface area contributed by atoms with Gasteiger partial charge in [0, 0.05) is 22.6 Å². The average Bonchev–Trinajstić information content (AvgIpc) is 2.96. The Morgan fingerprint density at radius 2 is 2.29 bits per heavy atom. The molecule has 0 atom stereocenters. The number of aromatic nitrogens is 2. The van der Waals surface area contributed by atoms with Gasteiger partial charge in [0.1, 0.15) is 0 Å². The molecule has 1 aromatic carbocycles. The minimum atomic E-state index is -0.927. The van der Waals surface area contributed by atoms with E-state index in [1.54, 1.807) is 12.1 Å². The van der Waals surface area contributed by atoms with E-state index < -0.39 is 5.97 Å². The Hall–Kier alpha value is -1.36. The number of carboxylic acids is 1. The molecule has 1 aromatic heterocycles. The van der Waals surface area contributed by atoms with Gasteiger partial charge in [-0.05, 0) is 30.9 Å². The van der Waals surface area contributed by atoms with Gasteiger partial charge in [-0.25, -0.2) is 4.79 Å². The van der Waals surface area contributed by atoms with Crippen LogP contribution in [0.4, 0.5) is 0 Å². The van der Waals surface area contributed by atoms with Gasteiger partial charge in [-0.15, -0.1) is 0 Å². The molecule has 0 bridgehead atoms. The highest BCUT2D eigenvalue weighted by Crippen LogP contribution is 2.31. The highest BCUT2D eigenvalue weighted by atomic mass is 79.9. The largest absolute Gasteiger partial charge is 0.478 e. The van der Waals surface area contributed by atoms with Gasteiger partial charge in [-0.2, -0.15) is 5.10 Å². The normalized spacial score (nSPS) is 15.4. The molecule has 0 spiro atoms. The number of carboxylic acid groups (broad SMARTS) is 1. The molecule has 1 fully saturated rings. The first-order chi connectivity index (χ1) is 8.13. The van der Waals surface area contributed by atoms with Crippen molar-refractivity contribution in [1.82, 2.24) is 9.78 Å². The Morgan fingerprint density at radius 3 is 2.94 bits per heavy atom. The molecule has 0 unspecified atom stereocenters. The molecule has 0 saturated heterocycles. The Kier molecular flexibility index (Phi) is 2.43. The van der Waals surface area contributed by atoms with E-state index in [0.717, 1.165) is 27.8 Å². The molecule has 1 saturated carbocycles. The van der Waals surface area contributed by atoms with Crippen LogP contribution in [0, 0.1) is 5.92 Å². The molecule has 17 heavy (non-hydrogen) atoms. The van der Waals surface area contributed by atoms with E-state index in [2.05, 4.69) is 21.0 Å². The SMILES string of the molecule is O=C(O)c1cc(Br)c2cn(CC3CC3)nc2c1. The zero-order chi connectivity index (χ0) is 12.0. The smallest absolute Gasteiger partial charge is 0.335 e. The first kappa shape index (κ1) is 10.8. The molecule has 1 aliphatic rings. The molecule has 3 rings (SSSR count). The third-order valence-electron chi connectivity index (χ3n) is 3.01. The van der Waals surface area contributed by atoms with E-state index in [1.807, 2.05) is 10.9 Å². The highest BCUT2D eigenvalue weighted by molar-refractivity contribution is 9.10. The summed E-state index contributed by atoms with van der Waals surface area (Å²) in [6.45, 7) is 0.934. The van der Waals surface area contributed by atoms with Crippen molar-refractivity contribution in [3.8, 4) is 0 Å². The molecule has 1 aliphatic carbocycles. The number of rotatable bonds is 3. The van der Waals surface area contributed by atoms with Gasteiger partial charge in [-0.1, -0.05) is 15.9 Å². The van der Waals surface area contributed by atoms with Crippen molar-refractivity contribution in [2.75, 3.05) is 0 Å². The van der Waals surface area contributed by atoms with Gasteiger partial charge in [0.15, 0.2) is 0 Å². The van der Waals surface area contributed by atoms with Gasteiger partial charge >= 0.3 is 5.97 Å². The second kappa shape index (κ2) is 3.84. The molecule has 0 radical (unpaired) electrons. The van der Waals surface area contributed by atoms with E-state index in [0.29, 0.717) is 0 Å². The molecule has 88 valence electrons. The maximum atomic E-state index is 10.9. The summed E-state index contributed by atoms with van der Waals surface area (Å²) < 4.78 is 2.70. The topological polar surface area (TPSA) is 55.1 Å². The lowest BCUT2D eigenvalue weighted by Gasteiger charge is -1.96. The number of benzene rings is 1. The summed E-state index contributed by atoms with van der Waals surface area (Å²) >= 11 is 3.39. The lowest BCUT2D eigenvalue weighted by atomic mass is 10.2. The molecule has 1 N–H and O–H groups in total. The van der Waals surface area contributed by atoms with Crippen LogP contribution in [0.25, 0.3) is 10.9 Å². The van der Waals surface area contributed by atoms with Crippen molar-refractivity contribution in [2.45, 2.75) is 19.4 Å². The van der Waals surface area contributed by atoms with Crippen molar-refractivity contribution < 1.29 is 9.90 Å². The fourth-order valence-corrected chi connectivity index (χ4v) is 2.46. The van der Waals surface area contributed by atoms with Crippen LogP contribution >= 0.6 is 15.9 Å². The Morgan fingerprint density at radius 1 is 1.53 bits per heavy atom. The van der Waals surface area contributed by atoms with Gasteiger partial charge in [0.25, 0.3) is 0 Å².